The first-order valence-electron chi connectivity index (χ1n) is 26.9. The molecule has 0 bridgehead atoms. The van der Waals surface area contributed by atoms with Crippen LogP contribution in [0.1, 0.15) is 128 Å². The van der Waals surface area contributed by atoms with E-state index in [-0.39, 0.29) is 50.9 Å². The fourth-order valence-corrected chi connectivity index (χ4v) is 8.17. The van der Waals surface area contributed by atoms with Gasteiger partial charge in [0.1, 0.15) is 36.6 Å². The van der Waals surface area contributed by atoms with Crippen LogP contribution >= 0.6 is 0 Å². The first kappa shape index (κ1) is 75.5. The fourth-order valence-electron chi connectivity index (χ4n) is 8.17. The molecule has 0 fully saturated rings. The number of methoxy groups -OCH3 is 3. The molecule has 5 unspecified atom stereocenters. The number of ether oxygens (including phenoxy) is 6. The summed E-state index contributed by atoms with van der Waals surface area (Å²) in [6.45, 7) is 22.3. The van der Waals surface area contributed by atoms with Crippen molar-refractivity contribution >= 4 is 42.2 Å². The minimum atomic E-state index is -1.47. The molecule has 0 aromatic carbocycles. The van der Waals surface area contributed by atoms with E-state index in [1.807, 2.05) is 154 Å². The molecule has 19 nitrogen and oxygen atoms in total. The molecule has 6 N–H and O–H groups in total. The summed E-state index contributed by atoms with van der Waals surface area (Å²) in [6.07, 6.45) is 23.0. The zero-order valence-electron chi connectivity index (χ0n) is 51.0. The first-order valence-corrected chi connectivity index (χ1v) is 26.9. The Labute approximate surface area is 489 Å². The highest BCUT2D eigenvalue weighted by molar-refractivity contribution is 6.01. The summed E-state index contributed by atoms with van der Waals surface area (Å²) in [6, 6.07) is 0. The quantitative estimate of drug-likeness (QED) is 0.00911. The molecule has 0 saturated heterocycles. The number of ketones is 1. The van der Waals surface area contributed by atoms with Gasteiger partial charge < -0.3 is 63.9 Å². The van der Waals surface area contributed by atoms with Crippen LogP contribution in [-0.2, 0) is 62.0 Å². The lowest BCUT2D eigenvalue weighted by Gasteiger charge is -2.36. The van der Waals surface area contributed by atoms with Crippen LogP contribution in [0.5, 0.6) is 0 Å². The van der Waals surface area contributed by atoms with Gasteiger partial charge in [0.2, 0.25) is 5.76 Å². The Bertz CT molecular complexity index is 2630. The molecular weight excluding hydrogens is 1070 g/mol. The third-order valence-corrected chi connectivity index (χ3v) is 12.6. The van der Waals surface area contributed by atoms with Crippen molar-refractivity contribution in [2.24, 2.45) is 10.8 Å². The zero-order chi connectivity index (χ0) is 63.6. The Hall–Kier alpha value is -7.45. The maximum atomic E-state index is 13.3. The molecule has 0 radical (unpaired) electrons. The SMILES string of the molecule is COC(/C(O)=C(\C)O)C(O)COC(=O)CCC(=O)OC1CC(C)(C)C(/C=C/C(C)=C/C=C/C(C)=C/C=C/C=C(C)/C=C/C=C(C)/C=C/C(=C(C)C)C(C)(C)CC(C=O)OC(=O)CCC=O)=C(C)C1=O.COCC(O)C/C(O)=C(/O)C(=O)OC. The summed E-state index contributed by atoms with van der Waals surface area (Å²) in [5.41, 5.74) is 6.57. The summed E-state index contributed by atoms with van der Waals surface area (Å²) >= 11 is 0. The van der Waals surface area contributed by atoms with Crippen molar-refractivity contribution in [2.45, 2.75) is 159 Å². The summed E-state index contributed by atoms with van der Waals surface area (Å²) in [7, 11) is 3.65. The van der Waals surface area contributed by atoms with Crippen molar-refractivity contribution in [3.05, 3.63) is 153 Å². The van der Waals surface area contributed by atoms with Gasteiger partial charge in [-0.1, -0.05) is 141 Å². The smallest absolute Gasteiger partial charge is 0.376 e. The third kappa shape index (κ3) is 29.9. The average molecular weight is 1160 g/mol. The molecule has 0 spiro atoms. The number of carbonyl (C=O) groups excluding carboxylic acids is 7. The summed E-state index contributed by atoms with van der Waals surface area (Å²) in [5, 5.41) is 56.8. The van der Waals surface area contributed by atoms with Crippen LogP contribution in [0.4, 0.5) is 0 Å². The van der Waals surface area contributed by atoms with Crippen LogP contribution in [0.15, 0.2) is 153 Å². The number of aliphatic hydroxyl groups is 6. The van der Waals surface area contributed by atoms with Crippen LogP contribution in [0, 0.1) is 10.8 Å². The minimum absolute atomic E-state index is 0.00148. The average Bonchev–Trinajstić information content (AvgIpc) is 2.72. The topological polar surface area (TPSA) is 296 Å². The normalized spacial score (nSPS) is 17.6. The van der Waals surface area contributed by atoms with E-state index >= 15 is 0 Å². The summed E-state index contributed by atoms with van der Waals surface area (Å²) in [5.74, 6) is -6.06. The molecule has 0 saturated carbocycles. The van der Waals surface area contributed by atoms with Crippen molar-refractivity contribution in [1.29, 1.82) is 0 Å². The van der Waals surface area contributed by atoms with E-state index in [1.165, 1.54) is 21.1 Å². The fraction of sp³-hybridized carbons (Fsp3) is 0.484. The predicted octanol–water partition coefficient (Wildman–Crippen LogP) is 10.6. The number of rotatable bonds is 32. The number of allylic oxidation sites excluding steroid dienone is 22. The summed E-state index contributed by atoms with van der Waals surface area (Å²) < 4.78 is 29.5. The van der Waals surface area contributed by atoms with E-state index in [0.29, 0.717) is 24.6 Å². The monoisotopic (exact) mass is 1160 g/mol. The second-order valence-corrected chi connectivity index (χ2v) is 21.2. The Balaban J connectivity index is 0.00000420. The second-order valence-electron chi connectivity index (χ2n) is 21.2. The molecule has 0 heterocycles. The largest absolute Gasteiger partial charge is 0.509 e. The minimum Gasteiger partial charge on any atom is -0.509 e. The number of aliphatic hydroxyl groups excluding tert-OH is 6. The number of hydrogen-bond donors (Lipinski definition) is 6. The lowest BCUT2D eigenvalue weighted by Crippen LogP contribution is -2.39. The molecule has 0 aliphatic heterocycles. The standard InChI is InChI=1S/C56H76O13.C8H14O6/c1-37(2)45(55(9,10)33-44(35-58)68-50(62)25-18-32-57)28-26-40(5)23-16-21-38(3)19-14-15-20-39(4)22-17-24-41(6)27-29-46-42(7)52(64)48(34-56(46,11)12)69-51(63)31-30-49(61)67-36-47(60)54(66-13)53(65)43(8)59;1-13-4-5(9)3-6(10)7(11)8(12)14-2/h14-17,19-24,26-29,32,35,44,47-48,54,59-60,65H,18,25,30-31,33-34,36H2,1-13H3;5,9-11H,3-4H2,1-2H3/b15-14+,21-16+,22-17+,28-26+,29-27+,38-19+,39-20+,40-23+,41-24+,53-43-;7-6-. The van der Waals surface area contributed by atoms with Crippen molar-refractivity contribution in [3.63, 3.8) is 0 Å². The van der Waals surface area contributed by atoms with E-state index in [0.717, 1.165) is 46.1 Å². The van der Waals surface area contributed by atoms with Gasteiger partial charge in [0.25, 0.3) is 0 Å². The number of esters is 4. The van der Waals surface area contributed by atoms with Crippen LogP contribution in [-0.4, -0.2) is 138 Å². The van der Waals surface area contributed by atoms with Gasteiger partial charge in [-0.25, -0.2) is 4.79 Å². The molecule has 0 aromatic rings. The van der Waals surface area contributed by atoms with E-state index < -0.39 is 94.9 Å². The predicted molar refractivity (Wildman–Crippen MR) is 316 cm³/mol. The second kappa shape index (κ2) is 39.1. The maximum absolute atomic E-state index is 13.3. The highest BCUT2D eigenvalue weighted by Gasteiger charge is 2.40. The van der Waals surface area contributed by atoms with Gasteiger partial charge in [-0.05, 0) is 82.9 Å². The Morgan fingerprint density at radius 1 is 0.723 bits per heavy atom. The molecule has 0 amide bonds. The number of aldehydes is 2. The van der Waals surface area contributed by atoms with Gasteiger partial charge in [0.15, 0.2) is 30.0 Å². The molecule has 83 heavy (non-hydrogen) atoms. The van der Waals surface area contributed by atoms with Crippen molar-refractivity contribution in [1.82, 2.24) is 0 Å². The third-order valence-electron chi connectivity index (χ3n) is 12.6. The van der Waals surface area contributed by atoms with Gasteiger partial charge in [-0.2, -0.15) is 0 Å². The van der Waals surface area contributed by atoms with Crippen molar-refractivity contribution < 1.29 is 92.6 Å². The zero-order valence-corrected chi connectivity index (χ0v) is 51.0. The maximum Gasteiger partial charge on any atom is 0.376 e. The Morgan fingerprint density at radius 3 is 1.77 bits per heavy atom. The molecule has 1 rings (SSSR count). The van der Waals surface area contributed by atoms with Gasteiger partial charge in [0, 0.05) is 39.9 Å². The Kier molecular flexibility index (Phi) is 35.6. The molecule has 19 heteroatoms. The van der Waals surface area contributed by atoms with Gasteiger partial charge in [-0.15, -0.1) is 0 Å². The van der Waals surface area contributed by atoms with Crippen molar-refractivity contribution in [2.75, 3.05) is 34.5 Å². The Morgan fingerprint density at radius 2 is 1.27 bits per heavy atom. The molecule has 5 atom stereocenters. The van der Waals surface area contributed by atoms with E-state index in [1.54, 1.807) is 6.92 Å². The van der Waals surface area contributed by atoms with E-state index in [9.17, 15) is 48.9 Å². The lowest BCUT2D eigenvalue weighted by molar-refractivity contribution is -0.159. The number of hydrogen-bond acceptors (Lipinski definition) is 19. The van der Waals surface area contributed by atoms with Crippen LogP contribution in [0.2, 0.25) is 0 Å². The van der Waals surface area contributed by atoms with E-state index in [4.69, 9.17) is 34.3 Å². The molecule has 1 aliphatic rings. The van der Waals surface area contributed by atoms with Gasteiger partial charge in [0.05, 0.1) is 39.1 Å². The van der Waals surface area contributed by atoms with Crippen LogP contribution in [0.25, 0.3) is 0 Å². The van der Waals surface area contributed by atoms with Crippen LogP contribution < -0.4 is 0 Å². The number of carbonyl (C=O) groups is 7. The highest BCUT2D eigenvalue weighted by atomic mass is 16.6. The van der Waals surface area contributed by atoms with E-state index in [2.05, 4.69) is 9.47 Å². The molecular formula is C64H90O19. The van der Waals surface area contributed by atoms with Gasteiger partial charge in [-0.3, -0.25) is 24.0 Å². The lowest BCUT2D eigenvalue weighted by atomic mass is 9.71. The molecule has 1 aliphatic carbocycles. The first-order chi connectivity index (χ1) is 38.8. The number of Topliss-reactive ketones (excluding diaryl/α,β-unsaturated/α-hetero) is 1. The molecule has 460 valence electrons. The van der Waals surface area contributed by atoms with Crippen molar-refractivity contribution in [3.8, 4) is 0 Å². The van der Waals surface area contributed by atoms with Gasteiger partial charge >= 0.3 is 23.9 Å². The molecule has 0 aromatic heterocycles. The van der Waals surface area contributed by atoms with Crippen LogP contribution in [0.3, 0.4) is 0 Å². The highest BCUT2D eigenvalue weighted by Crippen LogP contribution is 2.41. The summed E-state index contributed by atoms with van der Waals surface area (Å²) in [4.78, 5) is 83.2.